The minimum Gasteiger partial charge on any atom is -0.395 e. The molecule has 0 amide bonds. The smallest absolute Gasteiger partial charge is 0.0558 e. The van der Waals surface area contributed by atoms with Gasteiger partial charge in [-0.25, -0.2) is 0 Å². The Morgan fingerprint density at radius 2 is 1.85 bits per heavy atom. The van der Waals surface area contributed by atoms with E-state index in [0.29, 0.717) is 12.1 Å². The van der Waals surface area contributed by atoms with Gasteiger partial charge in [-0.15, -0.1) is 0 Å². The van der Waals surface area contributed by atoms with Crippen molar-refractivity contribution >= 4 is 15.9 Å². The molecule has 0 radical (unpaired) electrons. The highest BCUT2D eigenvalue weighted by Gasteiger charge is 2.14. The van der Waals surface area contributed by atoms with Crippen LogP contribution in [0.15, 0.2) is 28.7 Å². The van der Waals surface area contributed by atoms with E-state index in [0.717, 1.165) is 30.5 Å². The minimum atomic E-state index is 0.225. The lowest BCUT2D eigenvalue weighted by Crippen LogP contribution is -2.36. The van der Waals surface area contributed by atoms with Crippen molar-refractivity contribution in [1.29, 1.82) is 0 Å². The molecule has 0 aliphatic heterocycles. The molecule has 1 unspecified atom stereocenters. The largest absolute Gasteiger partial charge is 0.395 e. The summed E-state index contributed by atoms with van der Waals surface area (Å²) in [7, 11) is 0. The number of aliphatic hydroxyl groups is 1. The summed E-state index contributed by atoms with van der Waals surface area (Å²) in [5, 5.41) is 12.7. The molecule has 1 aromatic rings. The van der Waals surface area contributed by atoms with Crippen LogP contribution >= 0.6 is 15.9 Å². The van der Waals surface area contributed by atoms with E-state index in [1.807, 2.05) is 0 Å². The first kappa shape index (κ1) is 17.6. The summed E-state index contributed by atoms with van der Waals surface area (Å²) in [6, 6.07) is 9.36. The van der Waals surface area contributed by atoms with E-state index in [4.69, 9.17) is 5.11 Å². The van der Waals surface area contributed by atoms with Gasteiger partial charge in [0.15, 0.2) is 0 Å². The Morgan fingerprint density at radius 3 is 2.35 bits per heavy atom. The monoisotopic (exact) mass is 342 g/mol. The first-order chi connectivity index (χ1) is 9.58. The molecule has 20 heavy (non-hydrogen) atoms. The van der Waals surface area contributed by atoms with E-state index in [2.05, 4.69) is 71.2 Å². The van der Waals surface area contributed by atoms with Gasteiger partial charge in [-0.1, -0.05) is 35.0 Å². The van der Waals surface area contributed by atoms with Crippen molar-refractivity contribution < 1.29 is 5.11 Å². The molecule has 4 heteroatoms. The molecule has 0 aliphatic rings. The molecule has 0 aliphatic carbocycles. The Bertz CT molecular complexity index is 367. The molecule has 3 nitrogen and oxygen atoms in total. The van der Waals surface area contributed by atoms with Crippen molar-refractivity contribution in [3.63, 3.8) is 0 Å². The van der Waals surface area contributed by atoms with Crippen molar-refractivity contribution in [2.75, 3.05) is 26.2 Å². The predicted molar refractivity (Wildman–Crippen MR) is 89.0 cm³/mol. The number of rotatable bonds is 9. The van der Waals surface area contributed by atoms with Crippen LogP contribution in [-0.2, 0) is 0 Å². The van der Waals surface area contributed by atoms with Crippen molar-refractivity contribution in [2.45, 2.75) is 39.3 Å². The van der Waals surface area contributed by atoms with E-state index in [1.165, 1.54) is 5.56 Å². The molecule has 0 aromatic heterocycles. The van der Waals surface area contributed by atoms with Gasteiger partial charge in [0, 0.05) is 29.6 Å². The van der Waals surface area contributed by atoms with Crippen LogP contribution in [-0.4, -0.2) is 42.3 Å². The van der Waals surface area contributed by atoms with Crippen molar-refractivity contribution in [3.05, 3.63) is 34.3 Å². The van der Waals surface area contributed by atoms with Gasteiger partial charge >= 0.3 is 0 Å². The van der Waals surface area contributed by atoms with E-state index >= 15 is 0 Å². The Balaban J connectivity index is 2.64. The van der Waals surface area contributed by atoms with Gasteiger partial charge in [0.05, 0.1) is 6.61 Å². The highest BCUT2D eigenvalue weighted by molar-refractivity contribution is 9.10. The molecule has 0 bridgehead atoms. The number of aliphatic hydroxyl groups excluding tert-OH is 1. The molecule has 0 spiro atoms. The summed E-state index contributed by atoms with van der Waals surface area (Å²) >= 11 is 3.48. The summed E-state index contributed by atoms with van der Waals surface area (Å²) in [6.07, 6.45) is 1.05. The second-order valence-electron chi connectivity index (χ2n) is 5.30. The molecule has 0 fully saturated rings. The number of hydrogen-bond acceptors (Lipinski definition) is 3. The lowest BCUT2D eigenvalue weighted by Gasteiger charge is -2.28. The maximum absolute atomic E-state index is 9.14. The van der Waals surface area contributed by atoms with Crippen LogP contribution in [0.4, 0.5) is 0 Å². The first-order valence-electron chi connectivity index (χ1n) is 7.42. The van der Waals surface area contributed by atoms with E-state index < -0.39 is 0 Å². The van der Waals surface area contributed by atoms with Crippen molar-refractivity contribution in [2.24, 2.45) is 0 Å². The maximum atomic E-state index is 9.14. The molecule has 114 valence electrons. The van der Waals surface area contributed by atoms with Gasteiger partial charge in [0.2, 0.25) is 0 Å². The SMILES string of the molecule is CCNC(CCN(CCO)C(C)C)c1ccc(Br)cc1. The van der Waals surface area contributed by atoms with Crippen LogP contribution in [0.1, 0.15) is 38.8 Å². The van der Waals surface area contributed by atoms with Gasteiger partial charge < -0.3 is 10.4 Å². The van der Waals surface area contributed by atoms with Crippen molar-refractivity contribution in [1.82, 2.24) is 10.2 Å². The molecular formula is C16H27BrN2O. The lowest BCUT2D eigenvalue weighted by atomic mass is 10.0. The summed E-state index contributed by atoms with van der Waals surface area (Å²) in [5.74, 6) is 0. The van der Waals surface area contributed by atoms with E-state index in [9.17, 15) is 0 Å². The predicted octanol–water partition coefficient (Wildman–Crippen LogP) is 3.19. The number of halogens is 1. The van der Waals surface area contributed by atoms with Gasteiger partial charge in [0.25, 0.3) is 0 Å². The summed E-state index contributed by atoms with van der Waals surface area (Å²) in [5.41, 5.74) is 1.32. The van der Waals surface area contributed by atoms with Crippen LogP contribution in [0.2, 0.25) is 0 Å². The van der Waals surface area contributed by atoms with Crippen molar-refractivity contribution in [3.8, 4) is 0 Å². The average molecular weight is 343 g/mol. The quantitative estimate of drug-likeness (QED) is 0.723. The zero-order valence-corrected chi connectivity index (χ0v) is 14.4. The number of nitrogens with one attached hydrogen (secondary N) is 1. The highest BCUT2D eigenvalue weighted by Crippen LogP contribution is 2.20. The number of hydrogen-bond donors (Lipinski definition) is 2. The third-order valence-corrected chi connectivity index (χ3v) is 4.07. The fourth-order valence-corrected chi connectivity index (χ4v) is 2.64. The second-order valence-corrected chi connectivity index (χ2v) is 6.22. The van der Waals surface area contributed by atoms with Gasteiger partial charge in [-0.2, -0.15) is 0 Å². The Hall–Kier alpha value is -0.420. The normalized spacial score (nSPS) is 13.2. The molecular weight excluding hydrogens is 316 g/mol. The third-order valence-electron chi connectivity index (χ3n) is 3.55. The minimum absolute atomic E-state index is 0.225. The standard InChI is InChI=1S/C16H27BrN2O/c1-4-18-16(14-5-7-15(17)8-6-14)9-10-19(11-12-20)13(2)3/h5-8,13,16,18,20H,4,9-12H2,1-3H3. The topological polar surface area (TPSA) is 35.5 Å². The van der Waals surface area contributed by atoms with Gasteiger partial charge in [-0.05, 0) is 44.5 Å². The summed E-state index contributed by atoms with van der Waals surface area (Å²) in [4.78, 5) is 2.32. The zero-order chi connectivity index (χ0) is 15.0. The molecule has 0 saturated carbocycles. The molecule has 1 aromatic carbocycles. The summed E-state index contributed by atoms with van der Waals surface area (Å²) in [6.45, 7) is 9.42. The van der Waals surface area contributed by atoms with Crippen LogP contribution in [0.25, 0.3) is 0 Å². The van der Waals surface area contributed by atoms with Crippen LogP contribution < -0.4 is 5.32 Å². The first-order valence-corrected chi connectivity index (χ1v) is 8.21. The molecule has 1 rings (SSSR count). The van der Waals surface area contributed by atoms with E-state index in [1.54, 1.807) is 0 Å². The Labute approximate surface area is 131 Å². The molecule has 0 saturated heterocycles. The summed E-state index contributed by atoms with van der Waals surface area (Å²) < 4.78 is 1.11. The molecule has 0 heterocycles. The second kappa shape index (κ2) is 9.50. The number of benzene rings is 1. The molecule has 2 N–H and O–H groups in total. The van der Waals surface area contributed by atoms with E-state index in [-0.39, 0.29) is 6.61 Å². The fourth-order valence-electron chi connectivity index (χ4n) is 2.38. The average Bonchev–Trinajstić information content (AvgIpc) is 2.42. The maximum Gasteiger partial charge on any atom is 0.0558 e. The number of nitrogens with zero attached hydrogens (tertiary/aromatic N) is 1. The third kappa shape index (κ3) is 5.92. The fraction of sp³-hybridized carbons (Fsp3) is 0.625. The zero-order valence-electron chi connectivity index (χ0n) is 12.8. The van der Waals surface area contributed by atoms with Crippen LogP contribution in [0.5, 0.6) is 0 Å². The van der Waals surface area contributed by atoms with Gasteiger partial charge in [0.1, 0.15) is 0 Å². The Kier molecular flexibility index (Phi) is 8.38. The molecule has 1 atom stereocenters. The highest BCUT2D eigenvalue weighted by atomic mass is 79.9. The lowest BCUT2D eigenvalue weighted by molar-refractivity contribution is 0.159. The van der Waals surface area contributed by atoms with Crippen LogP contribution in [0, 0.1) is 0 Å². The van der Waals surface area contributed by atoms with Gasteiger partial charge in [-0.3, -0.25) is 4.90 Å². The Morgan fingerprint density at radius 1 is 1.20 bits per heavy atom. The van der Waals surface area contributed by atoms with Crippen LogP contribution in [0.3, 0.4) is 0 Å².